The van der Waals surface area contributed by atoms with Crippen molar-refractivity contribution in [2.24, 2.45) is 0 Å². The molecule has 0 heterocycles. The Hall–Kier alpha value is -1.36. The van der Waals surface area contributed by atoms with Crippen LogP contribution in [-0.4, -0.2) is 13.1 Å². The fourth-order valence-corrected chi connectivity index (χ4v) is 2.46. The van der Waals surface area contributed by atoms with Crippen LogP contribution in [0.2, 0.25) is 0 Å². The van der Waals surface area contributed by atoms with Crippen LogP contribution in [-0.2, 0) is 4.74 Å². The Morgan fingerprint density at radius 1 is 1.17 bits per heavy atom. The lowest BCUT2D eigenvalue weighted by atomic mass is 10.0. The number of hydrogen-bond acceptors (Lipinski definition) is 2. The van der Waals surface area contributed by atoms with Gasteiger partial charge in [-0.15, -0.1) is 0 Å². The molecular weight excluding hydrogens is 339 g/mol. The fourth-order valence-electron chi connectivity index (χ4n) is 1.83. The predicted molar refractivity (Wildman–Crippen MR) is 80.7 cm³/mol. The van der Waals surface area contributed by atoms with Crippen molar-refractivity contribution in [3.8, 4) is 11.1 Å². The quantitative estimate of drug-likeness (QED) is 0.602. The molecule has 0 atom stereocenters. The SMILES string of the molecule is COC(=O)c1cc(C)c(I)c(-c2ccccc2)c1. The van der Waals surface area contributed by atoms with Gasteiger partial charge in [0.1, 0.15) is 0 Å². The number of ether oxygens (including phenoxy) is 1. The van der Waals surface area contributed by atoms with E-state index in [2.05, 4.69) is 22.6 Å². The Labute approximate surface area is 120 Å². The van der Waals surface area contributed by atoms with Gasteiger partial charge in [0.15, 0.2) is 0 Å². The Bertz CT molecular complexity index is 577. The van der Waals surface area contributed by atoms with Gasteiger partial charge in [-0.05, 0) is 58.3 Å². The van der Waals surface area contributed by atoms with Crippen molar-refractivity contribution in [1.29, 1.82) is 0 Å². The number of hydrogen-bond donors (Lipinski definition) is 0. The van der Waals surface area contributed by atoms with Gasteiger partial charge in [0.05, 0.1) is 12.7 Å². The number of carbonyl (C=O) groups excluding carboxylic acids is 1. The summed E-state index contributed by atoms with van der Waals surface area (Å²) in [5.74, 6) is -0.299. The summed E-state index contributed by atoms with van der Waals surface area (Å²) in [6.45, 7) is 2.00. The summed E-state index contributed by atoms with van der Waals surface area (Å²) in [5, 5.41) is 0. The number of rotatable bonds is 2. The lowest BCUT2D eigenvalue weighted by Crippen LogP contribution is -2.03. The van der Waals surface area contributed by atoms with E-state index in [4.69, 9.17) is 4.74 Å². The Morgan fingerprint density at radius 3 is 2.44 bits per heavy atom. The van der Waals surface area contributed by atoms with E-state index < -0.39 is 0 Å². The molecule has 0 unspecified atom stereocenters. The third kappa shape index (κ3) is 2.56. The minimum atomic E-state index is -0.299. The van der Waals surface area contributed by atoms with Crippen LogP contribution in [0, 0.1) is 10.5 Å². The molecule has 0 bridgehead atoms. The van der Waals surface area contributed by atoms with E-state index in [9.17, 15) is 4.79 Å². The summed E-state index contributed by atoms with van der Waals surface area (Å²) in [5.41, 5.74) is 3.85. The predicted octanol–water partition coefficient (Wildman–Crippen LogP) is 4.05. The third-order valence-electron chi connectivity index (χ3n) is 2.76. The average molecular weight is 352 g/mol. The summed E-state index contributed by atoms with van der Waals surface area (Å²) >= 11 is 2.31. The van der Waals surface area contributed by atoms with Crippen molar-refractivity contribution in [2.45, 2.75) is 6.92 Å². The van der Waals surface area contributed by atoms with Crippen LogP contribution in [0.4, 0.5) is 0 Å². The molecule has 92 valence electrons. The molecule has 0 spiro atoms. The highest BCUT2D eigenvalue weighted by atomic mass is 127. The van der Waals surface area contributed by atoms with Gasteiger partial charge < -0.3 is 4.74 Å². The Balaban J connectivity index is 2.60. The Kier molecular flexibility index (Phi) is 4.01. The van der Waals surface area contributed by atoms with Crippen molar-refractivity contribution in [3.63, 3.8) is 0 Å². The zero-order valence-electron chi connectivity index (χ0n) is 10.2. The van der Waals surface area contributed by atoms with Gasteiger partial charge in [0.2, 0.25) is 0 Å². The molecule has 0 amide bonds. The minimum Gasteiger partial charge on any atom is -0.465 e. The third-order valence-corrected chi connectivity index (χ3v) is 4.19. The maximum Gasteiger partial charge on any atom is 0.337 e. The average Bonchev–Trinajstić information content (AvgIpc) is 2.41. The van der Waals surface area contributed by atoms with E-state index in [0.29, 0.717) is 5.56 Å². The first-order valence-corrected chi connectivity index (χ1v) is 6.65. The van der Waals surface area contributed by atoms with E-state index in [-0.39, 0.29) is 5.97 Å². The molecule has 0 fully saturated rings. The Morgan fingerprint density at radius 2 is 1.83 bits per heavy atom. The lowest BCUT2D eigenvalue weighted by molar-refractivity contribution is 0.0600. The van der Waals surface area contributed by atoms with Gasteiger partial charge in [0.25, 0.3) is 0 Å². The van der Waals surface area contributed by atoms with Crippen molar-refractivity contribution >= 4 is 28.6 Å². The van der Waals surface area contributed by atoms with Crippen molar-refractivity contribution in [2.75, 3.05) is 7.11 Å². The summed E-state index contributed by atoms with van der Waals surface area (Å²) in [6, 6.07) is 13.8. The molecule has 0 N–H and O–H groups in total. The normalized spacial score (nSPS) is 10.2. The largest absolute Gasteiger partial charge is 0.465 e. The van der Waals surface area contributed by atoms with Gasteiger partial charge in [0, 0.05) is 3.57 Å². The number of halogens is 1. The van der Waals surface area contributed by atoms with Crippen LogP contribution in [0.25, 0.3) is 11.1 Å². The van der Waals surface area contributed by atoms with E-state index in [0.717, 1.165) is 20.3 Å². The molecule has 0 aliphatic carbocycles. The van der Waals surface area contributed by atoms with Gasteiger partial charge in [-0.25, -0.2) is 4.79 Å². The zero-order valence-corrected chi connectivity index (χ0v) is 12.4. The highest BCUT2D eigenvalue weighted by Crippen LogP contribution is 2.29. The lowest BCUT2D eigenvalue weighted by Gasteiger charge is -2.10. The van der Waals surface area contributed by atoms with Crippen molar-refractivity contribution in [3.05, 3.63) is 57.2 Å². The molecule has 2 rings (SSSR count). The number of aryl methyl sites for hydroxylation is 1. The molecule has 0 saturated heterocycles. The van der Waals surface area contributed by atoms with Crippen LogP contribution in [0.1, 0.15) is 15.9 Å². The molecule has 0 radical (unpaired) electrons. The van der Waals surface area contributed by atoms with E-state index in [1.54, 1.807) is 0 Å². The van der Waals surface area contributed by atoms with E-state index >= 15 is 0 Å². The van der Waals surface area contributed by atoms with Crippen LogP contribution in [0.3, 0.4) is 0 Å². The first kappa shape index (κ1) is 13.1. The molecule has 2 aromatic rings. The number of esters is 1. The minimum absolute atomic E-state index is 0.299. The van der Waals surface area contributed by atoms with Crippen molar-refractivity contribution in [1.82, 2.24) is 0 Å². The van der Waals surface area contributed by atoms with Crippen LogP contribution >= 0.6 is 22.6 Å². The molecule has 2 aromatic carbocycles. The molecule has 18 heavy (non-hydrogen) atoms. The summed E-state index contributed by atoms with van der Waals surface area (Å²) < 4.78 is 5.94. The zero-order chi connectivity index (χ0) is 13.1. The topological polar surface area (TPSA) is 26.3 Å². The summed E-state index contributed by atoms with van der Waals surface area (Å²) in [7, 11) is 1.40. The summed E-state index contributed by atoms with van der Waals surface area (Å²) in [6.07, 6.45) is 0. The molecule has 0 saturated carbocycles. The van der Waals surface area contributed by atoms with Crippen LogP contribution in [0.15, 0.2) is 42.5 Å². The molecule has 0 aliphatic rings. The number of methoxy groups -OCH3 is 1. The maximum atomic E-state index is 11.6. The first-order chi connectivity index (χ1) is 8.63. The van der Waals surface area contributed by atoms with Gasteiger partial charge >= 0.3 is 5.97 Å². The second-order valence-electron chi connectivity index (χ2n) is 4.01. The molecule has 0 aromatic heterocycles. The highest BCUT2D eigenvalue weighted by molar-refractivity contribution is 14.1. The van der Waals surface area contributed by atoms with Gasteiger partial charge in [-0.2, -0.15) is 0 Å². The maximum absolute atomic E-state index is 11.6. The highest BCUT2D eigenvalue weighted by Gasteiger charge is 2.12. The van der Waals surface area contributed by atoms with Crippen molar-refractivity contribution < 1.29 is 9.53 Å². The monoisotopic (exact) mass is 352 g/mol. The summed E-state index contributed by atoms with van der Waals surface area (Å²) in [4.78, 5) is 11.6. The second kappa shape index (κ2) is 5.52. The van der Waals surface area contributed by atoms with E-state index in [1.165, 1.54) is 7.11 Å². The fraction of sp³-hybridized carbons (Fsp3) is 0.133. The molecular formula is C15H13IO2. The molecule has 2 nitrogen and oxygen atoms in total. The smallest absolute Gasteiger partial charge is 0.337 e. The van der Waals surface area contributed by atoms with Crippen LogP contribution < -0.4 is 0 Å². The molecule has 3 heteroatoms. The number of benzene rings is 2. The standard InChI is InChI=1S/C15H13IO2/c1-10-8-12(15(17)18-2)9-13(14(10)16)11-6-4-3-5-7-11/h3-9H,1-2H3. The van der Waals surface area contributed by atoms with Crippen LogP contribution in [0.5, 0.6) is 0 Å². The van der Waals surface area contributed by atoms with E-state index in [1.807, 2.05) is 49.4 Å². The molecule has 0 aliphatic heterocycles. The number of carbonyl (C=O) groups is 1. The second-order valence-corrected chi connectivity index (χ2v) is 5.09. The van der Waals surface area contributed by atoms with Gasteiger partial charge in [-0.1, -0.05) is 30.3 Å². The first-order valence-electron chi connectivity index (χ1n) is 5.57. The van der Waals surface area contributed by atoms with Gasteiger partial charge in [-0.3, -0.25) is 0 Å².